The highest BCUT2D eigenvalue weighted by Crippen LogP contribution is 2.36. The van der Waals surface area contributed by atoms with E-state index in [1.165, 1.54) is 12.8 Å². The number of aryl methyl sites for hydroxylation is 1. The molecule has 0 atom stereocenters. The van der Waals surface area contributed by atoms with Crippen LogP contribution in [-0.2, 0) is 0 Å². The fourth-order valence-electron chi connectivity index (χ4n) is 3.82. The molecule has 7 heteroatoms. The van der Waals surface area contributed by atoms with E-state index in [-0.39, 0.29) is 5.91 Å². The molecule has 1 aliphatic heterocycles. The number of benzene rings is 1. The second-order valence-corrected chi connectivity index (χ2v) is 8.43. The Morgan fingerprint density at radius 1 is 1.14 bits per heavy atom. The number of hydrogen-bond acceptors (Lipinski definition) is 6. The van der Waals surface area contributed by atoms with Crippen LogP contribution in [0, 0.1) is 6.92 Å². The lowest BCUT2D eigenvalue weighted by Crippen LogP contribution is -2.25. The van der Waals surface area contributed by atoms with E-state index in [1.54, 1.807) is 17.7 Å². The van der Waals surface area contributed by atoms with Crippen molar-refractivity contribution in [1.29, 1.82) is 0 Å². The van der Waals surface area contributed by atoms with Crippen LogP contribution in [-0.4, -0.2) is 35.6 Å². The highest BCUT2D eigenvalue weighted by Gasteiger charge is 2.24. The Balaban J connectivity index is 1.67. The van der Waals surface area contributed by atoms with Crippen LogP contribution < -0.4 is 15.0 Å². The molecule has 0 unspecified atom stereocenters. The number of nitrogens with one attached hydrogen (secondary N) is 1. The molecular formula is C22H26N4O2S. The first-order valence-corrected chi connectivity index (χ1v) is 11.0. The number of rotatable bonds is 5. The molecule has 2 aromatic heterocycles. The van der Waals surface area contributed by atoms with Crippen molar-refractivity contribution in [3.63, 3.8) is 0 Å². The van der Waals surface area contributed by atoms with E-state index in [4.69, 9.17) is 4.74 Å². The molecule has 4 rings (SSSR count). The zero-order chi connectivity index (χ0) is 20.2. The van der Waals surface area contributed by atoms with E-state index in [2.05, 4.69) is 20.2 Å². The van der Waals surface area contributed by atoms with Gasteiger partial charge >= 0.3 is 0 Å². The van der Waals surface area contributed by atoms with E-state index in [0.29, 0.717) is 12.2 Å². The Bertz CT molecular complexity index is 992. The van der Waals surface area contributed by atoms with Crippen molar-refractivity contribution < 1.29 is 9.53 Å². The van der Waals surface area contributed by atoms with Crippen molar-refractivity contribution in [1.82, 2.24) is 9.97 Å². The molecule has 152 valence electrons. The molecule has 0 bridgehead atoms. The first kappa shape index (κ1) is 19.6. The van der Waals surface area contributed by atoms with Crippen LogP contribution in [0.3, 0.4) is 0 Å². The minimum Gasteiger partial charge on any atom is -0.494 e. The molecule has 1 amide bonds. The summed E-state index contributed by atoms with van der Waals surface area (Å²) in [7, 11) is 0. The first-order valence-electron chi connectivity index (χ1n) is 10.2. The molecule has 1 fully saturated rings. The Morgan fingerprint density at radius 3 is 2.55 bits per heavy atom. The van der Waals surface area contributed by atoms with Gasteiger partial charge in [-0.05, 0) is 51.0 Å². The van der Waals surface area contributed by atoms with Crippen LogP contribution in [0.4, 0.5) is 11.5 Å². The lowest BCUT2D eigenvalue weighted by molar-refractivity contribution is 0.102. The molecule has 3 aromatic rings. The fourth-order valence-corrected chi connectivity index (χ4v) is 4.80. The number of amides is 1. The zero-order valence-corrected chi connectivity index (χ0v) is 17.7. The van der Waals surface area contributed by atoms with Gasteiger partial charge in [0.05, 0.1) is 17.6 Å². The van der Waals surface area contributed by atoms with Gasteiger partial charge in [0.15, 0.2) is 0 Å². The summed E-state index contributed by atoms with van der Waals surface area (Å²) in [6.07, 6.45) is 6.42. The molecule has 29 heavy (non-hydrogen) atoms. The van der Waals surface area contributed by atoms with Crippen LogP contribution >= 0.6 is 11.3 Å². The maximum absolute atomic E-state index is 13.2. The molecule has 1 saturated heterocycles. The molecule has 3 heterocycles. The number of ether oxygens (including phenoxy) is 1. The molecule has 0 saturated carbocycles. The van der Waals surface area contributed by atoms with Crippen LogP contribution in [0.15, 0.2) is 30.6 Å². The predicted molar refractivity (Wildman–Crippen MR) is 118 cm³/mol. The number of fused-ring (bicyclic) bond motifs is 1. The van der Waals surface area contributed by atoms with Gasteiger partial charge in [-0.25, -0.2) is 9.97 Å². The summed E-state index contributed by atoms with van der Waals surface area (Å²) < 4.78 is 5.47. The summed E-state index contributed by atoms with van der Waals surface area (Å²) in [6, 6.07) is 7.45. The van der Waals surface area contributed by atoms with Gasteiger partial charge in [0.2, 0.25) is 0 Å². The van der Waals surface area contributed by atoms with Crippen molar-refractivity contribution in [2.24, 2.45) is 0 Å². The maximum Gasteiger partial charge on any atom is 0.257 e. The predicted octanol–water partition coefficient (Wildman–Crippen LogP) is 5.03. The van der Waals surface area contributed by atoms with Gasteiger partial charge in [0.1, 0.15) is 22.7 Å². The highest BCUT2D eigenvalue weighted by atomic mass is 32.1. The summed E-state index contributed by atoms with van der Waals surface area (Å²) in [5.41, 5.74) is 1.42. The minimum absolute atomic E-state index is 0.121. The van der Waals surface area contributed by atoms with Crippen molar-refractivity contribution in [2.75, 3.05) is 29.9 Å². The highest BCUT2D eigenvalue weighted by molar-refractivity contribution is 7.19. The number of nitrogens with zero attached hydrogens (tertiary/aromatic N) is 3. The third-order valence-electron chi connectivity index (χ3n) is 5.20. The van der Waals surface area contributed by atoms with Crippen molar-refractivity contribution in [2.45, 2.75) is 39.5 Å². The number of carbonyl (C=O) groups excluding carboxylic acids is 1. The van der Waals surface area contributed by atoms with Gasteiger partial charge in [0, 0.05) is 23.7 Å². The molecule has 0 aliphatic carbocycles. The lowest BCUT2D eigenvalue weighted by Gasteiger charge is -2.22. The smallest absolute Gasteiger partial charge is 0.257 e. The van der Waals surface area contributed by atoms with E-state index in [0.717, 1.165) is 58.3 Å². The van der Waals surface area contributed by atoms with Crippen LogP contribution in [0.25, 0.3) is 10.2 Å². The van der Waals surface area contributed by atoms with E-state index >= 15 is 0 Å². The minimum atomic E-state index is -0.121. The number of aromatic nitrogens is 2. The largest absolute Gasteiger partial charge is 0.494 e. The average molecular weight is 411 g/mol. The SMILES string of the molecule is CCOc1ccc(NC(=O)c2c(C)sc3ncnc(N4CCCCCC4)c23)cc1. The van der Waals surface area contributed by atoms with Crippen LogP contribution in [0.2, 0.25) is 0 Å². The van der Waals surface area contributed by atoms with Gasteiger partial charge in [-0.1, -0.05) is 12.8 Å². The van der Waals surface area contributed by atoms with Crippen molar-refractivity contribution in [3.05, 3.63) is 41.0 Å². The van der Waals surface area contributed by atoms with Gasteiger partial charge in [-0.15, -0.1) is 11.3 Å². The Morgan fingerprint density at radius 2 is 1.86 bits per heavy atom. The summed E-state index contributed by atoms with van der Waals surface area (Å²) in [6.45, 7) is 6.49. The van der Waals surface area contributed by atoms with Crippen molar-refractivity contribution >= 4 is 39.0 Å². The molecule has 6 nitrogen and oxygen atoms in total. The zero-order valence-electron chi connectivity index (χ0n) is 16.9. The van der Waals surface area contributed by atoms with Gasteiger partial charge in [-0.2, -0.15) is 0 Å². The molecular weight excluding hydrogens is 384 g/mol. The van der Waals surface area contributed by atoms with E-state index in [9.17, 15) is 4.79 Å². The van der Waals surface area contributed by atoms with E-state index < -0.39 is 0 Å². The second-order valence-electron chi connectivity index (χ2n) is 7.22. The third kappa shape index (κ3) is 4.19. The van der Waals surface area contributed by atoms with Gasteiger partial charge in [0.25, 0.3) is 5.91 Å². The average Bonchev–Trinajstić information content (AvgIpc) is 2.88. The normalized spacial score (nSPS) is 14.6. The summed E-state index contributed by atoms with van der Waals surface area (Å²) in [4.78, 5) is 26.4. The van der Waals surface area contributed by atoms with Crippen LogP contribution in [0.1, 0.15) is 47.8 Å². The first-order chi connectivity index (χ1) is 14.2. The summed E-state index contributed by atoms with van der Waals surface area (Å²) in [5, 5.41) is 3.90. The summed E-state index contributed by atoms with van der Waals surface area (Å²) >= 11 is 1.55. The molecule has 1 aliphatic rings. The van der Waals surface area contributed by atoms with E-state index in [1.807, 2.05) is 38.1 Å². The Labute approximate surface area is 174 Å². The molecule has 0 spiro atoms. The number of hydrogen-bond donors (Lipinski definition) is 1. The van der Waals surface area contributed by atoms with Crippen LogP contribution in [0.5, 0.6) is 5.75 Å². The maximum atomic E-state index is 13.2. The molecule has 0 radical (unpaired) electrons. The molecule has 1 N–H and O–H groups in total. The van der Waals surface area contributed by atoms with Gasteiger partial charge < -0.3 is 15.0 Å². The quantitative estimate of drug-likeness (QED) is 0.639. The third-order valence-corrected chi connectivity index (χ3v) is 6.21. The standard InChI is InChI=1S/C22H26N4O2S/c1-3-28-17-10-8-16(9-11-17)25-21(27)18-15(2)29-22-19(18)20(23-14-24-22)26-12-6-4-5-7-13-26/h8-11,14H,3-7,12-13H2,1-2H3,(H,25,27). The molecule has 1 aromatic carbocycles. The fraction of sp³-hybridized carbons (Fsp3) is 0.409. The van der Waals surface area contributed by atoms with Gasteiger partial charge in [-0.3, -0.25) is 4.79 Å². The lowest BCUT2D eigenvalue weighted by atomic mass is 10.1. The number of anilines is 2. The van der Waals surface area contributed by atoms with Crippen molar-refractivity contribution in [3.8, 4) is 5.75 Å². The monoisotopic (exact) mass is 410 g/mol. The number of thiophene rings is 1. The Hall–Kier alpha value is -2.67. The number of carbonyl (C=O) groups is 1. The summed E-state index contributed by atoms with van der Waals surface area (Å²) in [5.74, 6) is 1.56. The second kappa shape index (κ2) is 8.78. The Kier molecular flexibility index (Phi) is 5.94. The topological polar surface area (TPSA) is 67.3 Å².